The SMILES string of the molecule is CNCCCNc1cc(-c2cnccc2-c2nncn2C)cc(N2Cc3c(cc(CN4CCO[C@H](C)C4)cc3C(F)(F)F)C2=O)n1. The van der Waals surface area contributed by atoms with Gasteiger partial charge in [0.2, 0.25) is 0 Å². The molecule has 11 nitrogen and oxygen atoms in total. The number of hydrogen-bond acceptors (Lipinski definition) is 9. The molecule has 0 saturated carbocycles. The minimum absolute atomic E-state index is 0.0178. The maximum Gasteiger partial charge on any atom is 0.416 e. The molecule has 1 saturated heterocycles. The van der Waals surface area contributed by atoms with Gasteiger partial charge in [-0.25, -0.2) is 4.98 Å². The lowest BCUT2D eigenvalue weighted by molar-refractivity contribution is -0.138. The number of benzene rings is 1. The average molecular weight is 636 g/mol. The number of nitrogens with zero attached hydrogens (tertiary/aromatic N) is 7. The third-order valence-corrected chi connectivity index (χ3v) is 8.22. The lowest BCUT2D eigenvalue weighted by atomic mass is 9.98. The fourth-order valence-corrected chi connectivity index (χ4v) is 6.02. The first-order valence-electron chi connectivity index (χ1n) is 15.2. The Morgan fingerprint density at radius 2 is 1.96 bits per heavy atom. The number of alkyl halides is 3. The van der Waals surface area contributed by atoms with Crippen LogP contribution in [0.5, 0.6) is 0 Å². The Morgan fingerprint density at radius 3 is 2.70 bits per heavy atom. The van der Waals surface area contributed by atoms with E-state index in [1.165, 1.54) is 11.0 Å². The largest absolute Gasteiger partial charge is 0.416 e. The summed E-state index contributed by atoms with van der Waals surface area (Å²) in [6.45, 7) is 5.06. The Bertz CT molecular complexity index is 1730. The highest BCUT2D eigenvalue weighted by molar-refractivity contribution is 6.10. The molecule has 3 aromatic heterocycles. The van der Waals surface area contributed by atoms with Gasteiger partial charge in [0.15, 0.2) is 5.82 Å². The third-order valence-electron chi connectivity index (χ3n) is 8.22. The molecule has 0 spiro atoms. The Labute approximate surface area is 264 Å². The fraction of sp³-hybridized carbons (Fsp3) is 0.406. The van der Waals surface area contributed by atoms with Crippen LogP contribution in [0.15, 0.2) is 49.1 Å². The number of amides is 1. The quantitative estimate of drug-likeness (QED) is 0.246. The molecule has 2 aliphatic rings. The second-order valence-electron chi connectivity index (χ2n) is 11.6. The van der Waals surface area contributed by atoms with Crippen molar-refractivity contribution in [1.82, 2.24) is 34.9 Å². The normalized spacial score (nSPS) is 17.0. The van der Waals surface area contributed by atoms with E-state index in [-0.39, 0.29) is 36.1 Å². The van der Waals surface area contributed by atoms with Crippen molar-refractivity contribution in [3.63, 3.8) is 0 Å². The van der Waals surface area contributed by atoms with E-state index in [2.05, 4.69) is 25.8 Å². The van der Waals surface area contributed by atoms with E-state index in [0.717, 1.165) is 18.5 Å². The molecule has 14 heteroatoms. The number of fused-ring (bicyclic) bond motifs is 1. The molecule has 5 heterocycles. The number of morpholine rings is 1. The number of anilines is 2. The molecule has 6 rings (SSSR count). The number of ether oxygens (including phenoxy) is 1. The smallest absolute Gasteiger partial charge is 0.376 e. The second-order valence-corrected chi connectivity index (χ2v) is 11.6. The van der Waals surface area contributed by atoms with Crippen LogP contribution in [0.2, 0.25) is 0 Å². The summed E-state index contributed by atoms with van der Waals surface area (Å²) in [5, 5.41) is 14.7. The average Bonchev–Trinajstić information content (AvgIpc) is 3.61. The van der Waals surface area contributed by atoms with E-state index < -0.39 is 17.6 Å². The highest BCUT2D eigenvalue weighted by Crippen LogP contribution is 2.41. The van der Waals surface area contributed by atoms with Gasteiger partial charge in [0, 0.05) is 62.3 Å². The van der Waals surface area contributed by atoms with Crippen LogP contribution in [0.1, 0.15) is 40.4 Å². The van der Waals surface area contributed by atoms with E-state index >= 15 is 0 Å². The maximum absolute atomic E-state index is 14.5. The Balaban J connectivity index is 1.39. The first-order chi connectivity index (χ1) is 22.1. The topological polar surface area (TPSA) is 113 Å². The predicted octanol–water partition coefficient (Wildman–Crippen LogP) is 4.36. The molecule has 0 radical (unpaired) electrons. The molecule has 46 heavy (non-hydrogen) atoms. The lowest BCUT2D eigenvalue weighted by Crippen LogP contribution is -2.40. The molecular weight excluding hydrogens is 599 g/mol. The molecule has 0 unspecified atom stereocenters. The van der Waals surface area contributed by atoms with Gasteiger partial charge in [0.1, 0.15) is 18.0 Å². The number of carbonyl (C=O) groups excluding carboxylic acids is 1. The zero-order valence-corrected chi connectivity index (χ0v) is 25.9. The van der Waals surface area contributed by atoms with Crippen LogP contribution in [-0.2, 0) is 31.1 Å². The highest BCUT2D eigenvalue weighted by Gasteiger charge is 2.41. The van der Waals surface area contributed by atoms with Gasteiger partial charge in [-0.3, -0.25) is 19.6 Å². The monoisotopic (exact) mass is 635 g/mol. The molecule has 4 aromatic rings. The van der Waals surface area contributed by atoms with Crippen molar-refractivity contribution in [3.05, 3.63) is 71.3 Å². The Hall–Kier alpha value is -4.40. The van der Waals surface area contributed by atoms with E-state index in [9.17, 15) is 18.0 Å². The number of aryl methyl sites for hydroxylation is 1. The molecule has 2 N–H and O–H groups in total. The summed E-state index contributed by atoms with van der Waals surface area (Å²) in [4.78, 5) is 26.4. The van der Waals surface area contributed by atoms with Gasteiger partial charge in [0.05, 0.1) is 24.8 Å². The van der Waals surface area contributed by atoms with Crippen molar-refractivity contribution >= 4 is 17.5 Å². The number of hydrogen-bond donors (Lipinski definition) is 2. The van der Waals surface area contributed by atoms with Crippen molar-refractivity contribution < 1.29 is 22.7 Å². The minimum atomic E-state index is -4.63. The summed E-state index contributed by atoms with van der Waals surface area (Å²) >= 11 is 0. The third kappa shape index (κ3) is 6.59. The van der Waals surface area contributed by atoms with Crippen molar-refractivity contribution in [2.75, 3.05) is 50.1 Å². The van der Waals surface area contributed by atoms with Crippen LogP contribution >= 0.6 is 0 Å². The Kier molecular flexibility index (Phi) is 9.02. The fourth-order valence-electron chi connectivity index (χ4n) is 6.02. The standard InChI is InChI=1S/C32H36F3N9O2/c1-20-16-43(9-10-46-20)17-21-11-24-26(27(12-21)32(33,34)35)18-44(31(24)45)29-14-22(13-28(40-29)38-7-4-6-36-2)25-15-37-8-5-23(25)30-41-39-19-42(30)3/h5,8,11-15,19-20,36H,4,6-7,9-10,16-18H2,1-3H3,(H,38,40)/t20-/m1/s1. The zero-order valence-electron chi connectivity index (χ0n) is 25.9. The van der Waals surface area contributed by atoms with Gasteiger partial charge in [-0.2, -0.15) is 13.2 Å². The summed E-state index contributed by atoms with van der Waals surface area (Å²) in [6, 6.07) is 8.15. The zero-order chi connectivity index (χ0) is 32.4. The van der Waals surface area contributed by atoms with Crippen LogP contribution in [-0.4, -0.2) is 81.5 Å². The molecule has 242 valence electrons. The maximum atomic E-state index is 14.5. The summed E-state index contributed by atoms with van der Waals surface area (Å²) < 4.78 is 50.8. The van der Waals surface area contributed by atoms with Gasteiger partial charge < -0.3 is 19.9 Å². The van der Waals surface area contributed by atoms with Gasteiger partial charge in [-0.05, 0) is 74.0 Å². The van der Waals surface area contributed by atoms with E-state index in [4.69, 9.17) is 9.72 Å². The molecule has 0 bridgehead atoms. The summed E-state index contributed by atoms with van der Waals surface area (Å²) in [7, 11) is 3.70. The summed E-state index contributed by atoms with van der Waals surface area (Å²) in [5.41, 5.74) is 1.78. The van der Waals surface area contributed by atoms with Crippen molar-refractivity contribution in [3.8, 4) is 22.5 Å². The summed E-state index contributed by atoms with van der Waals surface area (Å²) in [5.74, 6) is 0.807. The number of pyridine rings is 2. The number of halogens is 3. The molecule has 0 aliphatic carbocycles. The van der Waals surface area contributed by atoms with Gasteiger partial charge in [-0.1, -0.05) is 0 Å². The summed E-state index contributed by atoms with van der Waals surface area (Å²) in [6.07, 6.45) is 1.10. The van der Waals surface area contributed by atoms with Crippen molar-refractivity contribution in [2.45, 2.75) is 38.7 Å². The van der Waals surface area contributed by atoms with E-state index in [1.54, 1.807) is 35.4 Å². The number of aromatic nitrogens is 5. The van der Waals surface area contributed by atoms with Crippen LogP contribution in [0, 0.1) is 0 Å². The highest BCUT2D eigenvalue weighted by atomic mass is 19.4. The van der Waals surface area contributed by atoms with E-state index in [0.29, 0.717) is 54.6 Å². The number of carbonyl (C=O) groups is 1. The first-order valence-corrected chi connectivity index (χ1v) is 15.2. The number of nitrogens with one attached hydrogen (secondary N) is 2. The molecule has 2 aliphatic heterocycles. The van der Waals surface area contributed by atoms with Crippen molar-refractivity contribution in [1.29, 1.82) is 0 Å². The van der Waals surface area contributed by atoms with Crippen molar-refractivity contribution in [2.24, 2.45) is 7.05 Å². The molecule has 1 atom stereocenters. The first kappa shape index (κ1) is 31.6. The van der Waals surface area contributed by atoms with Gasteiger partial charge >= 0.3 is 6.18 Å². The molecule has 1 fully saturated rings. The van der Waals surface area contributed by atoms with Crippen LogP contribution in [0.4, 0.5) is 24.8 Å². The van der Waals surface area contributed by atoms with Crippen LogP contribution in [0.25, 0.3) is 22.5 Å². The van der Waals surface area contributed by atoms with Gasteiger partial charge in [0.25, 0.3) is 5.91 Å². The molecule has 1 amide bonds. The Morgan fingerprint density at radius 1 is 1.11 bits per heavy atom. The van der Waals surface area contributed by atoms with Crippen LogP contribution < -0.4 is 15.5 Å². The predicted molar refractivity (Wildman–Crippen MR) is 167 cm³/mol. The lowest BCUT2D eigenvalue weighted by Gasteiger charge is -2.31. The van der Waals surface area contributed by atoms with E-state index in [1.807, 2.05) is 38.1 Å². The number of rotatable bonds is 10. The van der Waals surface area contributed by atoms with Crippen LogP contribution in [0.3, 0.4) is 0 Å². The molecular formula is C32H36F3N9O2. The minimum Gasteiger partial charge on any atom is -0.376 e. The molecule has 1 aromatic carbocycles. The van der Waals surface area contributed by atoms with Gasteiger partial charge in [-0.15, -0.1) is 10.2 Å². The second kappa shape index (κ2) is 13.1.